The average Bonchev–Trinajstić information content (AvgIpc) is 3.03. The molecule has 2 aliphatic rings. The summed E-state index contributed by atoms with van der Waals surface area (Å²) in [5.41, 5.74) is 2.86. The van der Waals surface area contributed by atoms with Crippen LogP contribution in [0.5, 0.6) is 0 Å². The van der Waals surface area contributed by atoms with Crippen LogP contribution in [0.1, 0.15) is 49.7 Å². The monoisotopic (exact) mass is 260 g/mol. The highest BCUT2D eigenvalue weighted by Crippen LogP contribution is 2.43. The van der Waals surface area contributed by atoms with E-state index >= 15 is 0 Å². The molecule has 1 saturated heterocycles. The first kappa shape index (κ1) is 13.1. The highest BCUT2D eigenvalue weighted by Gasteiger charge is 2.41. The van der Waals surface area contributed by atoms with E-state index in [1.807, 2.05) is 12.4 Å². The van der Waals surface area contributed by atoms with Crippen LogP contribution in [0, 0.1) is 6.92 Å². The summed E-state index contributed by atoms with van der Waals surface area (Å²) < 4.78 is 6.30. The summed E-state index contributed by atoms with van der Waals surface area (Å²) in [6.07, 6.45) is 12.0. The van der Waals surface area contributed by atoms with Gasteiger partial charge in [-0.05, 0) is 49.8 Å². The van der Waals surface area contributed by atoms with E-state index in [1.54, 1.807) is 0 Å². The van der Waals surface area contributed by atoms with E-state index < -0.39 is 0 Å². The zero-order valence-corrected chi connectivity index (χ0v) is 11.8. The number of hydrogen-bond acceptors (Lipinski definition) is 3. The lowest BCUT2D eigenvalue weighted by molar-refractivity contribution is -0.0351. The molecule has 1 aromatic heterocycles. The van der Waals surface area contributed by atoms with Crippen molar-refractivity contribution in [2.75, 3.05) is 6.54 Å². The number of rotatable bonds is 4. The minimum Gasteiger partial charge on any atom is -0.370 e. The van der Waals surface area contributed by atoms with Crippen molar-refractivity contribution < 1.29 is 4.74 Å². The van der Waals surface area contributed by atoms with Crippen molar-refractivity contribution in [2.24, 2.45) is 0 Å². The predicted molar refractivity (Wildman–Crippen MR) is 76.0 cm³/mol. The number of nitrogens with zero attached hydrogens (tertiary/aromatic N) is 1. The van der Waals surface area contributed by atoms with E-state index in [1.165, 1.54) is 49.7 Å². The van der Waals surface area contributed by atoms with Gasteiger partial charge in [0.1, 0.15) is 0 Å². The van der Waals surface area contributed by atoms with Crippen LogP contribution in [0.15, 0.2) is 18.5 Å². The zero-order valence-electron chi connectivity index (χ0n) is 11.8. The number of nitrogens with one attached hydrogen (secondary N) is 1. The van der Waals surface area contributed by atoms with E-state index in [0.717, 1.165) is 13.1 Å². The van der Waals surface area contributed by atoms with Crippen molar-refractivity contribution in [3.8, 4) is 0 Å². The highest BCUT2D eigenvalue weighted by molar-refractivity contribution is 5.20. The van der Waals surface area contributed by atoms with Gasteiger partial charge in [0.15, 0.2) is 0 Å². The maximum absolute atomic E-state index is 6.30. The van der Waals surface area contributed by atoms with Crippen LogP contribution in [0.3, 0.4) is 0 Å². The molecule has 1 saturated carbocycles. The van der Waals surface area contributed by atoms with E-state index in [-0.39, 0.29) is 5.60 Å². The Morgan fingerprint density at radius 2 is 2.21 bits per heavy atom. The van der Waals surface area contributed by atoms with E-state index in [9.17, 15) is 0 Å². The summed E-state index contributed by atoms with van der Waals surface area (Å²) in [4.78, 5) is 4.18. The van der Waals surface area contributed by atoms with E-state index in [4.69, 9.17) is 4.74 Å². The van der Waals surface area contributed by atoms with Crippen LogP contribution in [0.25, 0.3) is 0 Å². The third-order valence-electron chi connectivity index (χ3n) is 4.69. The van der Waals surface area contributed by atoms with Crippen molar-refractivity contribution in [3.63, 3.8) is 0 Å². The number of aryl methyl sites for hydroxylation is 1. The van der Waals surface area contributed by atoms with Crippen molar-refractivity contribution >= 4 is 0 Å². The second-order valence-electron chi connectivity index (χ2n) is 6.10. The Bertz CT molecular complexity index is 427. The van der Waals surface area contributed by atoms with Crippen molar-refractivity contribution in [3.05, 3.63) is 29.6 Å². The van der Waals surface area contributed by atoms with Gasteiger partial charge in [0.05, 0.1) is 11.7 Å². The van der Waals surface area contributed by atoms with Crippen LogP contribution < -0.4 is 5.32 Å². The quantitative estimate of drug-likeness (QED) is 0.903. The molecule has 1 atom stereocenters. The molecule has 3 heteroatoms. The lowest BCUT2D eigenvalue weighted by Crippen LogP contribution is -2.30. The Morgan fingerprint density at radius 3 is 3.00 bits per heavy atom. The molecule has 1 aliphatic heterocycles. The summed E-state index contributed by atoms with van der Waals surface area (Å²) in [6.45, 7) is 4.00. The second-order valence-corrected chi connectivity index (χ2v) is 6.10. The Morgan fingerprint density at radius 1 is 1.37 bits per heavy atom. The molecule has 19 heavy (non-hydrogen) atoms. The number of aromatic nitrogens is 1. The molecule has 0 aromatic carbocycles. The van der Waals surface area contributed by atoms with Crippen molar-refractivity contribution in [1.82, 2.24) is 10.3 Å². The molecule has 1 aromatic rings. The zero-order chi connectivity index (χ0) is 13.1. The largest absolute Gasteiger partial charge is 0.370 e. The van der Waals surface area contributed by atoms with Gasteiger partial charge in [-0.25, -0.2) is 0 Å². The maximum atomic E-state index is 6.30. The fraction of sp³-hybridized carbons (Fsp3) is 0.688. The fourth-order valence-corrected chi connectivity index (χ4v) is 3.48. The summed E-state index contributed by atoms with van der Waals surface area (Å²) in [7, 11) is 0. The topological polar surface area (TPSA) is 34.2 Å². The van der Waals surface area contributed by atoms with Gasteiger partial charge in [0.25, 0.3) is 0 Å². The first-order chi connectivity index (χ1) is 9.27. The molecule has 1 spiro atoms. The van der Waals surface area contributed by atoms with Gasteiger partial charge in [-0.2, -0.15) is 0 Å². The van der Waals surface area contributed by atoms with Crippen LogP contribution in [0.2, 0.25) is 0 Å². The second kappa shape index (κ2) is 5.59. The van der Waals surface area contributed by atoms with Crippen LogP contribution in [-0.4, -0.2) is 23.2 Å². The number of hydrogen-bond donors (Lipinski definition) is 1. The smallest absolute Gasteiger partial charge is 0.0708 e. The summed E-state index contributed by atoms with van der Waals surface area (Å²) in [5.74, 6) is 0. The minimum absolute atomic E-state index is 0.260. The Labute approximate surface area is 115 Å². The van der Waals surface area contributed by atoms with Crippen molar-refractivity contribution in [1.29, 1.82) is 0 Å². The molecule has 1 unspecified atom stereocenters. The molecular weight excluding hydrogens is 236 g/mol. The molecule has 3 rings (SSSR count). The lowest BCUT2D eigenvalue weighted by atomic mass is 9.98. The lowest BCUT2D eigenvalue weighted by Gasteiger charge is -2.24. The Hall–Kier alpha value is -0.930. The normalized spacial score (nSPS) is 25.2. The van der Waals surface area contributed by atoms with Crippen molar-refractivity contribution in [2.45, 2.75) is 63.7 Å². The van der Waals surface area contributed by atoms with Gasteiger partial charge in [0.2, 0.25) is 0 Å². The van der Waals surface area contributed by atoms with Gasteiger partial charge < -0.3 is 10.1 Å². The fourth-order valence-electron chi connectivity index (χ4n) is 3.48. The number of pyridine rings is 1. The third-order valence-corrected chi connectivity index (χ3v) is 4.69. The molecule has 2 fully saturated rings. The third kappa shape index (κ3) is 2.98. The molecule has 1 aliphatic carbocycles. The summed E-state index contributed by atoms with van der Waals surface area (Å²) in [5, 5.41) is 3.53. The maximum Gasteiger partial charge on any atom is 0.0708 e. The van der Waals surface area contributed by atoms with Gasteiger partial charge in [-0.15, -0.1) is 0 Å². The molecule has 104 valence electrons. The molecule has 3 nitrogen and oxygen atoms in total. The average molecular weight is 260 g/mol. The summed E-state index contributed by atoms with van der Waals surface area (Å²) in [6, 6.07) is 2.07. The first-order valence-electron chi connectivity index (χ1n) is 7.55. The Balaban J connectivity index is 1.45. The van der Waals surface area contributed by atoms with Crippen LogP contribution in [-0.2, 0) is 11.3 Å². The molecule has 0 bridgehead atoms. The SMILES string of the molecule is Cc1ccncc1CNCC1CCC2(CCCC2)O1. The van der Waals surface area contributed by atoms with Crippen LogP contribution >= 0.6 is 0 Å². The Kier molecular flexibility index (Phi) is 3.85. The first-order valence-corrected chi connectivity index (χ1v) is 7.55. The molecule has 1 N–H and O–H groups in total. The van der Waals surface area contributed by atoms with Crippen LogP contribution in [0.4, 0.5) is 0 Å². The molecular formula is C16H24N2O. The van der Waals surface area contributed by atoms with Gasteiger partial charge in [0, 0.05) is 25.5 Å². The van der Waals surface area contributed by atoms with Gasteiger partial charge in [-0.3, -0.25) is 4.98 Å². The molecule has 2 heterocycles. The standard InChI is InChI=1S/C16H24N2O/c1-13-5-9-17-10-14(13)11-18-12-15-4-8-16(19-15)6-2-3-7-16/h5,9-10,15,18H,2-4,6-8,11-12H2,1H3. The molecule has 0 radical (unpaired) electrons. The highest BCUT2D eigenvalue weighted by atomic mass is 16.5. The predicted octanol–water partition coefficient (Wildman–Crippen LogP) is 2.97. The molecule has 0 amide bonds. The van der Waals surface area contributed by atoms with E-state index in [2.05, 4.69) is 23.3 Å². The van der Waals surface area contributed by atoms with E-state index in [0.29, 0.717) is 6.10 Å². The summed E-state index contributed by atoms with van der Waals surface area (Å²) >= 11 is 0. The number of ether oxygens (including phenoxy) is 1. The van der Waals surface area contributed by atoms with Gasteiger partial charge in [-0.1, -0.05) is 12.8 Å². The van der Waals surface area contributed by atoms with Gasteiger partial charge >= 0.3 is 0 Å². The minimum atomic E-state index is 0.260.